The van der Waals surface area contributed by atoms with Gasteiger partial charge in [-0.2, -0.15) is 0 Å². The highest BCUT2D eigenvalue weighted by molar-refractivity contribution is 5.93. The van der Waals surface area contributed by atoms with Gasteiger partial charge in [0.1, 0.15) is 6.61 Å². The van der Waals surface area contributed by atoms with Gasteiger partial charge >= 0.3 is 6.09 Å². The Morgan fingerprint density at radius 3 is 2.67 bits per heavy atom. The molecule has 0 bridgehead atoms. The van der Waals surface area contributed by atoms with Gasteiger partial charge in [0, 0.05) is 12.8 Å². The van der Waals surface area contributed by atoms with Gasteiger partial charge in [0.05, 0.1) is 19.3 Å². The van der Waals surface area contributed by atoms with Crippen molar-refractivity contribution < 1.29 is 23.8 Å². The van der Waals surface area contributed by atoms with Gasteiger partial charge in [-0.1, -0.05) is 30.3 Å². The first-order chi connectivity index (χ1) is 11.6. The number of carbonyl (C=O) groups is 2. The zero-order valence-corrected chi connectivity index (χ0v) is 13.9. The van der Waals surface area contributed by atoms with E-state index < -0.39 is 11.9 Å². The van der Waals surface area contributed by atoms with Crippen molar-refractivity contribution in [2.24, 2.45) is 0 Å². The molecule has 2 amide bonds. The van der Waals surface area contributed by atoms with Gasteiger partial charge in [-0.3, -0.25) is 4.79 Å². The summed E-state index contributed by atoms with van der Waals surface area (Å²) < 4.78 is 16.1. The third-order valence-corrected chi connectivity index (χ3v) is 4.46. The molecule has 2 fully saturated rings. The number of amides is 2. The molecule has 3 rings (SSSR count). The lowest BCUT2D eigenvalue weighted by molar-refractivity contribution is -0.149. The minimum atomic E-state index is -0.602. The highest BCUT2D eigenvalue weighted by atomic mass is 16.7. The number of hydrogen-bond acceptors (Lipinski definition) is 5. The molecule has 24 heavy (non-hydrogen) atoms. The molecule has 0 N–H and O–H groups in total. The zero-order valence-electron chi connectivity index (χ0n) is 13.9. The second-order valence-electron chi connectivity index (χ2n) is 6.37. The summed E-state index contributed by atoms with van der Waals surface area (Å²) in [6.45, 7) is 3.31. The Labute approximate surface area is 141 Å². The van der Waals surface area contributed by atoms with Gasteiger partial charge in [-0.15, -0.1) is 0 Å². The molecular formula is C18H23NO5. The molecule has 2 heterocycles. The summed E-state index contributed by atoms with van der Waals surface area (Å²) >= 11 is 0. The van der Waals surface area contributed by atoms with Crippen LogP contribution in [-0.2, 0) is 25.4 Å². The molecule has 1 aromatic rings. The number of nitrogens with zero attached hydrogens (tertiary/aromatic N) is 1. The van der Waals surface area contributed by atoms with Gasteiger partial charge in [-0.25, -0.2) is 9.69 Å². The standard InChI is InChI=1S/C18H23NO5/c1-18(23-10-11-24-18)9-5-8-16(20)19-15(13-22-17(19)21)12-14-6-3-2-4-7-14/h2-4,6-7,15H,5,8-13H2,1H3/t15-/m0/s1. The summed E-state index contributed by atoms with van der Waals surface area (Å²) in [6, 6.07) is 9.57. The van der Waals surface area contributed by atoms with E-state index in [1.54, 1.807) is 0 Å². The number of hydrogen-bond donors (Lipinski definition) is 0. The molecule has 1 atom stereocenters. The first kappa shape index (κ1) is 16.9. The van der Waals surface area contributed by atoms with E-state index in [0.29, 0.717) is 32.5 Å². The van der Waals surface area contributed by atoms with Gasteiger partial charge in [0.2, 0.25) is 5.91 Å². The molecule has 2 aliphatic rings. The summed E-state index contributed by atoms with van der Waals surface area (Å²) in [4.78, 5) is 25.7. The van der Waals surface area contributed by atoms with Gasteiger partial charge < -0.3 is 14.2 Å². The van der Waals surface area contributed by atoms with E-state index in [9.17, 15) is 9.59 Å². The van der Waals surface area contributed by atoms with Crippen LogP contribution < -0.4 is 0 Å². The van der Waals surface area contributed by atoms with Crippen LogP contribution in [0.4, 0.5) is 4.79 Å². The summed E-state index contributed by atoms with van der Waals surface area (Å²) in [6.07, 6.45) is 1.59. The van der Waals surface area contributed by atoms with Gasteiger partial charge in [0.15, 0.2) is 5.79 Å². The largest absolute Gasteiger partial charge is 0.447 e. The summed E-state index contributed by atoms with van der Waals surface area (Å²) in [5, 5.41) is 0. The Morgan fingerprint density at radius 1 is 1.25 bits per heavy atom. The van der Waals surface area contributed by atoms with Crippen LogP contribution in [0.3, 0.4) is 0 Å². The second-order valence-corrected chi connectivity index (χ2v) is 6.37. The quantitative estimate of drug-likeness (QED) is 0.800. The smallest absolute Gasteiger partial charge is 0.416 e. The molecule has 0 saturated carbocycles. The van der Waals surface area contributed by atoms with Crippen molar-refractivity contribution >= 4 is 12.0 Å². The third-order valence-electron chi connectivity index (χ3n) is 4.46. The Morgan fingerprint density at radius 2 is 1.96 bits per heavy atom. The number of ether oxygens (including phenoxy) is 3. The van der Waals surface area contributed by atoms with Crippen LogP contribution in [0.2, 0.25) is 0 Å². The van der Waals surface area contributed by atoms with Gasteiger partial charge in [-0.05, 0) is 25.3 Å². The van der Waals surface area contributed by atoms with Crippen molar-refractivity contribution in [2.45, 2.75) is 44.4 Å². The van der Waals surface area contributed by atoms with Crippen molar-refractivity contribution in [3.05, 3.63) is 35.9 Å². The Balaban J connectivity index is 1.54. The maximum Gasteiger partial charge on any atom is 0.416 e. The van der Waals surface area contributed by atoms with Crippen LogP contribution in [0, 0.1) is 0 Å². The first-order valence-electron chi connectivity index (χ1n) is 8.38. The number of cyclic esters (lactones) is 1. The number of benzene rings is 1. The Kier molecular flexibility index (Phi) is 5.16. The van der Waals surface area contributed by atoms with Crippen molar-refractivity contribution in [3.63, 3.8) is 0 Å². The molecule has 1 aromatic carbocycles. The molecule has 0 radical (unpaired) electrons. The molecule has 0 aliphatic carbocycles. The van der Waals surface area contributed by atoms with Crippen LogP contribution in [0.5, 0.6) is 0 Å². The number of carbonyl (C=O) groups excluding carboxylic acids is 2. The van der Waals surface area contributed by atoms with E-state index in [4.69, 9.17) is 14.2 Å². The van der Waals surface area contributed by atoms with Crippen LogP contribution in [-0.4, -0.2) is 48.5 Å². The molecule has 0 unspecified atom stereocenters. The van der Waals surface area contributed by atoms with E-state index in [0.717, 1.165) is 5.56 Å². The Bertz CT molecular complexity index is 582. The number of imide groups is 1. The molecule has 6 nitrogen and oxygen atoms in total. The monoisotopic (exact) mass is 333 g/mol. The normalized spacial score (nSPS) is 22.6. The predicted octanol–water partition coefficient (Wildman–Crippen LogP) is 2.51. The van der Waals surface area contributed by atoms with E-state index in [1.165, 1.54) is 4.90 Å². The molecule has 0 aromatic heterocycles. The average Bonchev–Trinajstić information content (AvgIpc) is 3.15. The predicted molar refractivity (Wildman–Crippen MR) is 86.3 cm³/mol. The molecule has 130 valence electrons. The van der Waals surface area contributed by atoms with Crippen LogP contribution >= 0.6 is 0 Å². The minimum absolute atomic E-state index is 0.194. The fourth-order valence-corrected chi connectivity index (χ4v) is 3.18. The van der Waals surface area contributed by atoms with Crippen molar-refractivity contribution in [1.82, 2.24) is 4.90 Å². The topological polar surface area (TPSA) is 65.1 Å². The summed E-state index contributed by atoms with van der Waals surface area (Å²) in [5.74, 6) is -0.796. The van der Waals surface area contributed by atoms with E-state index >= 15 is 0 Å². The van der Waals surface area contributed by atoms with Crippen LogP contribution in [0.1, 0.15) is 31.7 Å². The van der Waals surface area contributed by atoms with Crippen LogP contribution in [0.15, 0.2) is 30.3 Å². The minimum Gasteiger partial charge on any atom is -0.447 e. The maximum atomic E-state index is 12.5. The fourth-order valence-electron chi connectivity index (χ4n) is 3.18. The fraction of sp³-hybridized carbons (Fsp3) is 0.556. The van der Waals surface area contributed by atoms with Gasteiger partial charge in [0.25, 0.3) is 0 Å². The second kappa shape index (κ2) is 7.32. The lowest BCUT2D eigenvalue weighted by Gasteiger charge is -2.23. The van der Waals surface area contributed by atoms with Crippen LogP contribution in [0.25, 0.3) is 0 Å². The lowest BCUT2D eigenvalue weighted by Crippen LogP contribution is -2.40. The summed E-state index contributed by atoms with van der Waals surface area (Å²) in [5.41, 5.74) is 1.08. The Hall–Kier alpha value is -1.92. The highest BCUT2D eigenvalue weighted by Gasteiger charge is 2.38. The highest BCUT2D eigenvalue weighted by Crippen LogP contribution is 2.26. The summed E-state index contributed by atoms with van der Waals surface area (Å²) in [7, 11) is 0. The van der Waals surface area contributed by atoms with E-state index in [2.05, 4.69) is 0 Å². The molecule has 0 spiro atoms. The number of rotatable bonds is 6. The lowest BCUT2D eigenvalue weighted by atomic mass is 10.0. The molecule has 6 heteroatoms. The first-order valence-corrected chi connectivity index (χ1v) is 8.38. The third kappa shape index (κ3) is 3.94. The SMILES string of the molecule is CC1(CCCC(=O)N2C(=O)OC[C@@H]2Cc2ccccc2)OCCO1. The molecule has 2 aliphatic heterocycles. The molecular weight excluding hydrogens is 310 g/mol. The van der Waals surface area contributed by atoms with Crippen molar-refractivity contribution in [2.75, 3.05) is 19.8 Å². The van der Waals surface area contributed by atoms with E-state index in [-0.39, 0.29) is 25.0 Å². The molecule has 2 saturated heterocycles. The van der Waals surface area contributed by atoms with Crippen molar-refractivity contribution in [3.8, 4) is 0 Å². The van der Waals surface area contributed by atoms with Crippen molar-refractivity contribution in [1.29, 1.82) is 0 Å². The maximum absolute atomic E-state index is 12.5. The zero-order chi connectivity index (χ0) is 17.0. The van der Waals surface area contributed by atoms with E-state index in [1.807, 2.05) is 37.3 Å². The average molecular weight is 333 g/mol.